The van der Waals surface area contributed by atoms with Gasteiger partial charge < -0.3 is 4.90 Å². The average Bonchev–Trinajstić information content (AvgIpc) is 3.25. The van der Waals surface area contributed by atoms with Crippen molar-refractivity contribution in [1.82, 2.24) is 34.4 Å². The molecule has 0 N–H and O–H groups in total. The van der Waals surface area contributed by atoms with Gasteiger partial charge in [-0.25, -0.2) is 19.5 Å². The molecular weight excluding hydrogens is 435 g/mol. The number of hydrogen-bond acceptors (Lipinski definition) is 6. The first kappa shape index (κ1) is 21.2. The molecule has 11 heteroatoms. The predicted octanol–water partition coefficient (Wildman–Crippen LogP) is 3.66. The zero-order valence-electron chi connectivity index (χ0n) is 17.9. The Hall–Kier alpha value is -3.63. The number of pyridine rings is 2. The minimum absolute atomic E-state index is 0.0487. The Labute approximate surface area is 186 Å². The summed E-state index contributed by atoms with van der Waals surface area (Å²) in [6, 6.07) is 6.31. The third kappa shape index (κ3) is 3.77. The number of piperidine rings is 1. The summed E-state index contributed by atoms with van der Waals surface area (Å²) in [6.45, 7) is 4.51. The van der Waals surface area contributed by atoms with Gasteiger partial charge in [0.15, 0.2) is 11.3 Å². The van der Waals surface area contributed by atoms with Crippen LogP contribution in [0.3, 0.4) is 0 Å². The molecular formula is C22H20F3N7O. The summed E-state index contributed by atoms with van der Waals surface area (Å²) >= 11 is 0. The third-order valence-corrected chi connectivity index (χ3v) is 6.12. The molecule has 0 radical (unpaired) electrons. The van der Waals surface area contributed by atoms with E-state index in [1.165, 1.54) is 23.5 Å². The molecule has 33 heavy (non-hydrogen) atoms. The number of halogens is 3. The number of amides is 1. The number of fused-ring (bicyclic) bond motifs is 2. The minimum atomic E-state index is -4.78. The lowest BCUT2D eigenvalue weighted by molar-refractivity contribution is -0.141. The SMILES string of the molecule is Cc1cc([C@@H]2CN(C(=O)c3cc4cccnc4nc3C(F)(F)F)CC[C@H]2C)n2ncnc2n1. The van der Waals surface area contributed by atoms with Crippen molar-refractivity contribution in [3.8, 4) is 0 Å². The Morgan fingerprint density at radius 1 is 1.18 bits per heavy atom. The molecule has 5 heterocycles. The first-order chi connectivity index (χ1) is 15.7. The van der Waals surface area contributed by atoms with Crippen LogP contribution in [0.2, 0.25) is 0 Å². The van der Waals surface area contributed by atoms with Crippen molar-refractivity contribution in [2.24, 2.45) is 5.92 Å². The average molecular weight is 455 g/mol. The molecule has 8 nitrogen and oxygen atoms in total. The van der Waals surface area contributed by atoms with Gasteiger partial charge in [0.2, 0.25) is 0 Å². The van der Waals surface area contributed by atoms with Gasteiger partial charge in [0.1, 0.15) is 6.33 Å². The molecule has 4 aromatic rings. The number of carbonyl (C=O) groups is 1. The largest absolute Gasteiger partial charge is 0.434 e. The van der Waals surface area contributed by atoms with Crippen molar-refractivity contribution < 1.29 is 18.0 Å². The summed E-state index contributed by atoms with van der Waals surface area (Å²) in [5.74, 6) is -0.202. The lowest BCUT2D eigenvalue weighted by Crippen LogP contribution is -2.43. The van der Waals surface area contributed by atoms with Crippen LogP contribution >= 0.6 is 0 Å². The van der Waals surface area contributed by atoms with Crippen molar-refractivity contribution in [2.75, 3.05) is 13.1 Å². The molecule has 0 saturated carbocycles. The highest BCUT2D eigenvalue weighted by Gasteiger charge is 2.40. The van der Waals surface area contributed by atoms with Gasteiger partial charge in [0.05, 0.1) is 11.3 Å². The second kappa shape index (κ2) is 7.75. The van der Waals surface area contributed by atoms with Gasteiger partial charge in [-0.05, 0) is 43.5 Å². The van der Waals surface area contributed by atoms with Crippen LogP contribution < -0.4 is 0 Å². The van der Waals surface area contributed by atoms with Crippen molar-refractivity contribution in [3.05, 3.63) is 59.4 Å². The first-order valence-electron chi connectivity index (χ1n) is 10.5. The number of likely N-dealkylation sites (tertiary alicyclic amines) is 1. The molecule has 0 aliphatic carbocycles. The molecule has 1 amide bonds. The van der Waals surface area contributed by atoms with E-state index < -0.39 is 23.3 Å². The van der Waals surface area contributed by atoms with Crippen LogP contribution in [0.5, 0.6) is 0 Å². The van der Waals surface area contributed by atoms with E-state index in [0.29, 0.717) is 24.1 Å². The van der Waals surface area contributed by atoms with Crippen LogP contribution in [0.1, 0.15) is 46.7 Å². The number of alkyl halides is 3. The molecule has 170 valence electrons. The summed E-state index contributed by atoms with van der Waals surface area (Å²) in [4.78, 5) is 31.0. The zero-order valence-corrected chi connectivity index (χ0v) is 17.9. The van der Waals surface area contributed by atoms with Crippen LogP contribution in [-0.2, 0) is 6.18 Å². The maximum Gasteiger partial charge on any atom is 0.434 e. The fourth-order valence-electron chi connectivity index (χ4n) is 4.42. The van der Waals surface area contributed by atoms with E-state index in [0.717, 1.165) is 11.4 Å². The zero-order chi connectivity index (χ0) is 23.3. The predicted molar refractivity (Wildman–Crippen MR) is 112 cm³/mol. The minimum Gasteiger partial charge on any atom is -0.338 e. The maximum atomic E-state index is 13.8. The van der Waals surface area contributed by atoms with Crippen molar-refractivity contribution in [1.29, 1.82) is 0 Å². The highest BCUT2D eigenvalue weighted by atomic mass is 19.4. The molecule has 1 fully saturated rings. The highest BCUT2D eigenvalue weighted by Crippen LogP contribution is 2.36. The van der Waals surface area contributed by atoms with E-state index in [1.54, 1.807) is 16.6 Å². The summed E-state index contributed by atoms with van der Waals surface area (Å²) in [5.41, 5.74) is -0.142. The quantitative estimate of drug-likeness (QED) is 0.458. The Morgan fingerprint density at radius 3 is 2.79 bits per heavy atom. The highest BCUT2D eigenvalue weighted by molar-refractivity contribution is 5.98. The topological polar surface area (TPSA) is 89.2 Å². The number of nitrogens with zero attached hydrogens (tertiary/aromatic N) is 7. The number of aryl methyl sites for hydroxylation is 1. The number of aromatic nitrogens is 6. The first-order valence-corrected chi connectivity index (χ1v) is 10.5. The molecule has 0 aromatic carbocycles. The van der Waals surface area contributed by atoms with Crippen molar-refractivity contribution >= 4 is 22.7 Å². The van der Waals surface area contributed by atoms with Gasteiger partial charge in [-0.1, -0.05) is 6.92 Å². The molecule has 5 rings (SSSR count). The Balaban J connectivity index is 1.54. The molecule has 0 unspecified atom stereocenters. The molecule has 1 aliphatic rings. The van der Waals surface area contributed by atoms with Gasteiger partial charge in [0, 0.05) is 36.3 Å². The molecule has 1 aliphatic heterocycles. The molecule has 4 aromatic heterocycles. The summed E-state index contributed by atoms with van der Waals surface area (Å²) < 4.78 is 43.0. The normalized spacial score (nSPS) is 19.4. The number of rotatable bonds is 2. The van der Waals surface area contributed by atoms with Crippen molar-refractivity contribution in [2.45, 2.75) is 32.4 Å². The van der Waals surface area contributed by atoms with Crippen molar-refractivity contribution in [3.63, 3.8) is 0 Å². The van der Waals surface area contributed by atoms with Crippen LogP contribution in [0, 0.1) is 12.8 Å². The number of carbonyl (C=O) groups excluding carboxylic acids is 1. The summed E-state index contributed by atoms with van der Waals surface area (Å²) in [7, 11) is 0. The Kier molecular flexibility index (Phi) is 4.98. The van der Waals surface area contributed by atoms with E-state index in [2.05, 4.69) is 32.0 Å². The lowest BCUT2D eigenvalue weighted by atomic mass is 9.84. The number of hydrogen-bond donors (Lipinski definition) is 0. The standard InChI is InChI=1S/C22H20F3N7O/c1-12-5-7-31(10-16(12)17-8-13(2)29-21-27-11-28-32(17)21)20(33)15-9-14-4-3-6-26-19(14)30-18(15)22(23,24)25/h3-4,6,8-9,11-12,16H,5,7,10H2,1-2H3/t12-,16-/m1/s1. The van der Waals surface area contributed by atoms with Gasteiger partial charge in [0.25, 0.3) is 11.7 Å². The second-order valence-electron chi connectivity index (χ2n) is 8.35. The van der Waals surface area contributed by atoms with Gasteiger partial charge in [-0.2, -0.15) is 23.3 Å². The summed E-state index contributed by atoms with van der Waals surface area (Å²) in [6.07, 6.45) is -1.37. The lowest BCUT2D eigenvalue weighted by Gasteiger charge is -2.37. The van der Waals surface area contributed by atoms with E-state index in [1.807, 2.05) is 13.0 Å². The Bertz CT molecular complexity index is 1370. The third-order valence-electron chi connectivity index (χ3n) is 6.12. The second-order valence-corrected chi connectivity index (χ2v) is 8.35. The fourth-order valence-corrected chi connectivity index (χ4v) is 4.42. The van der Waals surface area contributed by atoms with E-state index in [9.17, 15) is 18.0 Å². The monoisotopic (exact) mass is 455 g/mol. The van der Waals surface area contributed by atoms with Crippen LogP contribution in [0.15, 0.2) is 36.8 Å². The smallest absolute Gasteiger partial charge is 0.338 e. The van der Waals surface area contributed by atoms with Gasteiger partial charge >= 0.3 is 6.18 Å². The van der Waals surface area contributed by atoms with E-state index in [4.69, 9.17) is 0 Å². The van der Waals surface area contributed by atoms with Crippen LogP contribution in [0.4, 0.5) is 13.2 Å². The van der Waals surface area contributed by atoms with E-state index >= 15 is 0 Å². The van der Waals surface area contributed by atoms with E-state index in [-0.39, 0.29) is 24.0 Å². The molecule has 0 spiro atoms. The summed E-state index contributed by atoms with van der Waals surface area (Å²) in [5, 5.41) is 4.63. The Morgan fingerprint density at radius 2 is 2.00 bits per heavy atom. The van der Waals surface area contributed by atoms with Gasteiger partial charge in [-0.15, -0.1) is 0 Å². The molecule has 2 atom stereocenters. The molecule has 1 saturated heterocycles. The van der Waals surface area contributed by atoms with Crippen LogP contribution in [-0.4, -0.2) is 53.4 Å². The van der Waals surface area contributed by atoms with Crippen LogP contribution in [0.25, 0.3) is 16.8 Å². The maximum absolute atomic E-state index is 13.8. The van der Waals surface area contributed by atoms with Gasteiger partial charge in [-0.3, -0.25) is 4.79 Å². The molecule has 0 bridgehead atoms. The fraction of sp³-hybridized carbons (Fsp3) is 0.364.